The van der Waals surface area contributed by atoms with E-state index in [1.807, 2.05) is 12.1 Å². The number of benzene rings is 1. The standard InChI is InChI=1S/C15H18N2O3/c1-9(20-8-10-2-3-10)14(18)17-12-5-4-11-7-16-15(19)13(11)6-12/h4-6,9-10H,2-3,7-8H2,1H3,(H,16,19)(H,17,18). The van der Waals surface area contributed by atoms with E-state index in [0.717, 1.165) is 5.56 Å². The zero-order chi connectivity index (χ0) is 14.1. The molecule has 1 unspecified atom stereocenters. The molecule has 2 aliphatic rings. The first kappa shape index (κ1) is 13.1. The van der Waals surface area contributed by atoms with Gasteiger partial charge in [-0.25, -0.2) is 0 Å². The quantitative estimate of drug-likeness (QED) is 0.858. The first-order chi connectivity index (χ1) is 9.63. The van der Waals surface area contributed by atoms with Crippen LogP contribution in [0.4, 0.5) is 5.69 Å². The molecule has 2 N–H and O–H groups in total. The first-order valence-corrected chi connectivity index (χ1v) is 6.97. The molecule has 0 aromatic heterocycles. The molecule has 106 valence electrons. The average Bonchev–Trinajstić information content (AvgIpc) is 3.20. The van der Waals surface area contributed by atoms with Crippen LogP contribution in [0.15, 0.2) is 18.2 Å². The molecule has 2 amide bonds. The molecule has 1 saturated carbocycles. The Labute approximate surface area is 117 Å². The lowest BCUT2D eigenvalue weighted by atomic mass is 10.1. The smallest absolute Gasteiger partial charge is 0.253 e. The number of rotatable bonds is 5. The van der Waals surface area contributed by atoms with Crippen molar-refractivity contribution in [3.63, 3.8) is 0 Å². The molecule has 0 saturated heterocycles. The normalized spacial score (nSPS) is 18.4. The second-order valence-electron chi connectivity index (χ2n) is 5.46. The maximum Gasteiger partial charge on any atom is 0.253 e. The maximum atomic E-state index is 12.0. The van der Waals surface area contributed by atoms with E-state index < -0.39 is 6.10 Å². The van der Waals surface area contributed by atoms with Crippen LogP contribution in [-0.4, -0.2) is 24.5 Å². The highest BCUT2D eigenvalue weighted by Gasteiger charge is 2.24. The third-order valence-corrected chi connectivity index (χ3v) is 3.71. The minimum atomic E-state index is -0.474. The van der Waals surface area contributed by atoms with Gasteiger partial charge in [-0.3, -0.25) is 9.59 Å². The van der Waals surface area contributed by atoms with Crippen molar-refractivity contribution in [2.75, 3.05) is 11.9 Å². The molecule has 1 aromatic rings. The van der Waals surface area contributed by atoms with E-state index in [1.165, 1.54) is 12.8 Å². The summed E-state index contributed by atoms with van der Waals surface area (Å²) in [5.74, 6) is 0.368. The number of hydrogen-bond acceptors (Lipinski definition) is 3. The molecular weight excluding hydrogens is 256 g/mol. The summed E-state index contributed by atoms with van der Waals surface area (Å²) < 4.78 is 5.52. The van der Waals surface area contributed by atoms with Gasteiger partial charge in [0.2, 0.25) is 0 Å². The molecule has 0 spiro atoms. The number of hydrogen-bond donors (Lipinski definition) is 2. The van der Waals surface area contributed by atoms with Gasteiger partial charge in [0.1, 0.15) is 6.10 Å². The molecule has 5 heteroatoms. The molecule has 0 bridgehead atoms. The van der Waals surface area contributed by atoms with Crippen molar-refractivity contribution in [3.05, 3.63) is 29.3 Å². The van der Waals surface area contributed by atoms with E-state index in [9.17, 15) is 9.59 Å². The SMILES string of the molecule is CC(OCC1CC1)C(=O)Nc1ccc2c(c1)C(=O)NC2. The Morgan fingerprint density at radius 1 is 1.50 bits per heavy atom. The zero-order valence-electron chi connectivity index (χ0n) is 11.4. The number of carbonyl (C=O) groups is 2. The highest BCUT2D eigenvalue weighted by atomic mass is 16.5. The summed E-state index contributed by atoms with van der Waals surface area (Å²) in [5.41, 5.74) is 2.23. The number of anilines is 1. The summed E-state index contributed by atoms with van der Waals surface area (Å²) in [6.07, 6.45) is 1.93. The van der Waals surface area contributed by atoms with Crippen molar-refractivity contribution in [1.82, 2.24) is 5.32 Å². The van der Waals surface area contributed by atoms with Crippen LogP contribution in [0.3, 0.4) is 0 Å². The zero-order valence-corrected chi connectivity index (χ0v) is 11.4. The summed E-state index contributed by atoms with van der Waals surface area (Å²) in [6, 6.07) is 5.38. The molecule has 5 nitrogen and oxygen atoms in total. The largest absolute Gasteiger partial charge is 0.368 e. The fourth-order valence-electron chi connectivity index (χ4n) is 2.17. The number of amides is 2. The Kier molecular flexibility index (Phi) is 3.44. The third-order valence-electron chi connectivity index (χ3n) is 3.71. The Bertz CT molecular complexity index is 552. The highest BCUT2D eigenvalue weighted by Crippen LogP contribution is 2.29. The maximum absolute atomic E-state index is 12.0. The predicted molar refractivity (Wildman–Crippen MR) is 74.4 cm³/mol. The van der Waals surface area contributed by atoms with E-state index >= 15 is 0 Å². The van der Waals surface area contributed by atoms with E-state index in [2.05, 4.69) is 10.6 Å². The first-order valence-electron chi connectivity index (χ1n) is 6.97. The van der Waals surface area contributed by atoms with Gasteiger partial charge in [-0.2, -0.15) is 0 Å². The second-order valence-corrected chi connectivity index (χ2v) is 5.46. The lowest BCUT2D eigenvalue weighted by Gasteiger charge is -2.13. The summed E-state index contributed by atoms with van der Waals surface area (Å²) in [6.45, 7) is 2.96. The van der Waals surface area contributed by atoms with Crippen LogP contribution in [-0.2, 0) is 16.1 Å². The summed E-state index contributed by atoms with van der Waals surface area (Å²) in [7, 11) is 0. The molecule has 0 radical (unpaired) electrons. The highest BCUT2D eigenvalue weighted by molar-refractivity contribution is 6.01. The minimum absolute atomic E-state index is 0.0888. The second kappa shape index (κ2) is 5.25. The van der Waals surface area contributed by atoms with Gasteiger partial charge in [-0.15, -0.1) is 0 Å². The Hall–Kier alpha value is -1.88. The molecule has 1 aliphatic heterocycles. The number of nitrogens with one attached hydrogen (secondary N) is 2. The van der Waals surface area contributed by atoms with Gasteiger partial charge in [-0.05, 0) is 43.4 Å². The molecule has 1 atom stereocenters. The van der Waals surface area contributed by atoms with Crippen molar-refractivity contribution in [2.24, 2.45) is 5.92 Å². The minimum Gasteiger partial charge on any atom is -0.368 e. The van der Waals surface area contributed by atoms with Gasteiger partial charge in [-0.1, -0.05) is 6.07 Å². The number of carbonyl (C=O) groups excluding carboxylic acids is 2. The molecule has 1 fully saturated rings. The number of fused-ring (bicyclic) bond motifs is 1. The van der Waals surface area contributed by atoms with Crippen LogP contribution < -0.4 is 10.6 Å². The van der Waals surface area contributed by atoms with Crippen molar-refractivity contribution in [3.8, 4) is 0 Å². The molecule has 3 rings (SSSR count). The van der Waals surface area contributed by atoms with E-state index in [1.54, 1.807) is 13.0 Å². The van der Waals surface area contributed by atoms with Crippen molar-refractivity contribution in [2.45, 2.75) is 32.4 Å². The lowest BCUT2D eigenvalue weighted by molar-refractivity contribution is -0.126. The van der Waals surface area contributed by atoms with Gasteiger partial charge in [0.05, 0.1) is 6.61 Å². The van der Waals surface area contributed by atoms with Crippen LogP contribution >= 0.6 is 0 Å². The fourth-order valence-corrected chi connectivity index (χ4v) is 2.17. The summed E-state index contributed by atoms with van der Waals surface area (Å²) >= 11 is 0. The van der Waals surface area contributed by atoms with E-state index in [4.69, 9.17) is 4.74 Å². The fraction of sp³-hybridized carbons (Fsp3) is 0.467. The van der Waals surface area contributed by atoms with Crippen LogP contribution in [0.2, 0.25) is 0 Å². The van der Waals surface area contributed by atoms with Crippen molar-refractivity contribution in [1.29, 1.82) is 0 Å². The van der Waals surface area contributed by atoms with Crippen LogP contribution in [0.5, 0.6) is 0 Å². The molecule has 1 heterocycles. The topological polar surface area (TPSA) is 67.4 Å². The van der Waals surface area contributed by atoms with Gasteiger partial charge in [0, 0.05) is 17.8 Å². The monoisotopic (exact) mass is 274 g/mol. The Balaban J connectivity index is 1.60. The van der Waals surface area contributed by atoms with Gasteiger partial charge in [0.25, 0.3) is 11.8 Å². The third kappa shape index (κ3) is 2.82. The average molecular weight is 274 g/mol. The predicted octanol–water partition coefficient (Wildman–Crippen LogP) is 1.68. The van der Waals surface area contributed by atoms with Crippen molar-refractivity contribution < 1.29 is 14.3 Å². The molecule has 20 heavy (non-hydrogen) atoms. The Morgan fingerprint density at radius 2 is 2.30 bits per heavy atom. The van der Waals surface area contributed by atoms with Gasteiger partial charge < -0.3 is 15.4 Å². The van der Waals surface area contributed by atoms with E-state index in [-0.39, 0.29) is 11.8 Å². The summed E-state index contributed by atoms with van der Waals surface area (Å²) in [5, 5.41) is 5.54. The summed E-state index contributed by atoms with van der Waals surface area (Å²) in [4.78, 5) is 23.6. The van der Waals surface area contributed by atoms with Crippen LogP contribution in [0.1, 0.15) is 35.7 Å². The van der Waals surface area contributed by atoms with Crippen LogP contribution in [0, 0.1) is 5.92 Å². The van der Waals surface area contributed by atoms with Crippen LogP contribution in [0.25, 0.3) is 0 Å². The van der Waals surface area contributed by atoms with E-state index in [0.29, 0.717) is 30.3 Å². The van der Waals surface area contributed by atoms with Gasteiger partial charge in [0.15, 0.2) is 0 Å². The molecule has 1 aliphatic carbocycles. The van der Waals surface area contributed by atoms with Gasteiger partial charge >= 0.3 is 0 Å². The number of ether oxygens (including phenoxy) is 1. The molecular formula is C15H18N2O3. The lowest BCUT2D eigenvalue weighted by Crippen LogP contribution is -2.28. The Morgan fingerprint density at radius 3 is 3.05 bits per heavy atom. The molecule has 1 aromatic carbocycles. The van der Waals surface area contributed by atoms with Crippen molar-refractivity contribution >= 4 is 17.5 Å².